The second kappa shape index (κ2) is 6.69. The van der Waals surface area contributed by atoms with Gasteiger partial charge in [-0.3, -0.25) is 4.79 Å². The Balaban J connectivity index is 1.53. The first-order valence-electron chi connectivity index (χ1n) is 8.33. The summed E-state index contributed by atoms with van der Waals surface area (Å²) in [6, 6.07) is 8.14. The van der Waals surface area contributed by atoms with Gasteiger partial charge in [0.05, 0.1) is 7.11 Å². The number of hydrogen-bond donors (Lipinski definition) is 2. The molecule has 1 amide bonds. The van der Waals surface area contributed by atoms with Crippen molar-refractivity contribution in [1.29, 1.82) is 0 Å². The first-order chi connectivity index (χ1) is 10.7. The van der Waals surface area contributed by atoms with Gasteiger partial charge in [-0.25, -0.2) is 0 Å². The van der Waals surface area contributed by atoms with Crippen molar-refractivity contribution in [3.63, 3.8) is 0 Å². The van der Waals surface area contributed by atoms with Crippen molar-refractivity contribution in [2.75, 3.05) is 7.11 Å². The summed E-state index contributed by atoms with van der Waals surface area (Å²) in [5.41, 5.74) is 7.39. The third-order valence-corrected chi connectivity index (χ3v) is 5.41. The van der Waals surface area contributed by atoms with Crippen LogP contribution in [0.2, 0.25) is 0 Å². The number of fused-ring (bicyclic) bond motifs is 2. The smallest absolute Gasteiger partial charge is 0.223 e. The first-order valence-corrected chi connectivity index (χ1v) is 8.33. The molecule has 120 valence electrons. The quantitative estimate of drug-likeness (QED) is 0.898. The number of carbonyl (C=O) groups excluding carboxylic acids is 1. The molecule has 2 fully saturated rings. The van der Waals surface area contributed by atoms with E-state index in [2.05, 4.69) is 5.32 Å². The van der Waals surface area contributed by atoms with E-state index in [4.69, 9.17) is 10.5 Å². The van der Waals surface area contributed by atoms with Crippen molar-refractivity contribution >= 4 is 5.91 Å². The van der Waals surface area contributed by atoms with Crippen molar-refractivity contribution in [2.45, 2.75) is 44.7 Å². The number of ether oxygens (including phenoxy) is 1. The van der Waals surface area contributed by atoms with E-state index in [9.17, 15) is 4.79 Å². The predicted molar refractivity (Wildman–Crippen MR) is 86.4 cm³/mol. The number of amides is 1. The molecule has 22 heavy (non-hydrogen) atoms. The maximum absolute atomic E-state index is 12.5. The van der Waals surface area contributed by atoms with Gasteiger partial charge in [-0.15, -0.1) is 0 Å². The highest BCUT2D eigenvalue weighted by Crippen LogP contribution is 2.41. The molecule has 0 radical (unpaired) electrons. The Morgan fingerprint density at radius 1 is 1.23 bits per heavy atom. The van der Waals surface area contributed by atoms with E-state index in [1.165, 1.54) is 19.3 Å². The molecule has 0 saturated heterocycles. The van der Waals surface area contributed by atoms with Crippen LogP contribution in [-0.4, -0.2) is 19.1 Å². The van der Waals surface area contributed by atoms with E-state index in [1.54, 1.807) is 7.11 Å². The molecule has 3 rings (SSSR count). The van der Waals surface area contributed by atoms with Gasteiger partial charge in [-0.05, 0) is 55.2 Å². The molecule has 0 spiro atoms. The topological polar surface area (TPSA) is 64.3 Å². The minimum atomic E-state index is 0.147. The van der Waals surface area contributed by atoms with Gasteiger partial charge in [-0.2, -0.15) is 0 Å². The molecular weight excluding hydrogens is 276 g/mol. The van der Waals surface area contributed by atoms with Crippen LogP contribution < -0.4 is 15.8 Å². The van der Waals surface area contributed by atoms with Crippen LogP contribution in [0.25, 0.3) is 0 Å². The average molecular weight is 302 g/mol. The molecule has 0 heterocycles. The summed E-state index contributed by atoms with van der Waals surface area (Å²) < 4.78 is 5.14. The highest BCUT2D eigenvalue weighted by Gasteiger charge is 2.40. The average Bonchev–Trinajstić information content (AvgIpc) is 2.53. The van der Waals surface area contributed by atoms with Gasteiger partial charge in [0.2, 0.25) is 5.91 Å². The molecule has 2 atom stereocenters. The fourth-order valence-electron chi connectivity index (χ4n) is 4.08. The second-order valence-corrected chi connectivity index (χ2v) is 6.76. The Morgan fingerprint density at radius 2 is 1.86 bits per heavy atom. The largest absolute Gasteiger partial charge is 0.497 e. The zero-order valence-electron chi connectivity index (χ0n) is 13.3. The Morgan fingerprint density at radius 3 is 2.45 bits per heavy atom. The molecule has 2 aliphatic rings. The third kappa shape index (κ3) is 3.27. The first kappa shape index (κ1) is 15.3. The summed E-state index contributed by atoms with van der Waals surface area (Å²) in [4.78, 5) is 12.5. The van der Waals surface area contributed by atoms with Gasteiger partial charge in [-0.1, -0.05) is 18.6 Å². The Labute approximate surface area is 132 Å². The van der Waals surface area contributed by atoms with Crippen molar-refractivity contribution in [1.82, 2.24) is 5.32 Å². The number of nitrogens with one attached hydrogen (secondary N) is 1. The lowest BCUT2D eigenvalue weighted by molar-refractivity contribution is -0.128. The molecule has 2 bridgehead atoms. The molecule has 2 saturated carbocycles. The summed E-state index contributed by atoms with van der Waals surface area (Å²) in [5.74, 6) is 2.27. The van der Waals surface area contributed by atoms with Crippen LogP contribution >= 0.6 is 0 Å². The monoisotopic (exact) mass is 302 g/mol. The van der Waals surface area contributed by atoms with Gasteiger partial charge in [0, 0.05) is 18.5 Å². The molecule has 1 aromatic rings. The van der Waals surface area contributed by atoms with Crippen LogP contribution in [0.1, 0.15) is 37.7 Å². The van der Waals surface area contributed by atoms with Crippen molar-refractivity contribution in [2.24, 2.45) is 23.5 Å². The zero-order valence-corrected chi connectivity index (χ0v) is 13.3. The lowest BCUT2D eigenvalue weighted by atomic mass is 9.65. The Bertz CT molecular complexity index is 500. The lowest BCUT2D eigenvalue weighted by Gasteiger charge is -2.43. The SMILES string of the molecule is COc1ccc(CNC(=O)C2CC3CCCC(C2)C3N)cc1. The van der Waals surface area contributed by atoms with Gasteiger partial charge >= 0.3 is 0 Å². The van der Waals surface area contributed by atoms with E-state index in [0.29, 0.717) is 24.4 Å². The molecule has 0 aromatic heterocycles. The summed E-state index contributed by atoms with van der Waals surface area (Å²) in [6.07, 6.45) is 5.60. The van der Waals surface area contributed by atoms with Gasteiger partial charge < -0.3 is 15.8 Å². The maximum Gasteiger partial charge on any atom is 0.223 e. The van der Waals surface area contributed by atoms with Crippen LogP contribution in [-0.2, 0) is 11.3 Å². The number of carbonyl (C=O) groups is 1. The molecule has 4 nitrogen and oxygen atoms in total. The fourth-order valence-corrected chi connectivity index (χ4v) is 4.08. The molecule has 2 aliphatic carbocycles. The van der Waals surface area contributed by atoms with Crippen LogP contribution in [0.3, 0.4) is 0 Å². The number of rotatable bonds is 4. The fraction of sp³-hybridized carbons (Fsp3) is 0.611. The summed E-state index contributed by atoms with van der Waals surface area (Å²) in [5, 5.41) is 3.09. The standard InChI is InChI=1S/C18H26N2O2/c1-22-16-7-5-12(6-8-16)11-20-18(21)15-9-13-3-2-4-14(10-15)17(13)19/h5-8,13-15,17H,2-4,9-11,19H2,1H3,(H,20,21). The molecule has 0 aliphatic heterocycles. The minimum absolute atomic E-state index is 0.147. The Kier molecular flexibility index (Phi) is 4.67. The molecule has 1 aromatic carbocycles. The normalized spacial score (nSPS) is 30.6. The van der Waals surface area contributed by atoms with Crippen LogP contribution in [0.5, 0.6) is 5.75 Å². The zero-order chi connectivity index (χ0) is 15.5. The highest BCUT2D eigenvalue weighted by atomic mass is 16.5. The molecule has 4 heteroatoms. The van der Waals surface area contributed by atoms with E-state index in [0.717, 1.165) is 24.2 Å². The third-order valence-electron chi connectivity index (χ3n) is 5.41. The van der Waals surface area contributed by atoms with Crippen molar-refractivity contribution in [3.05, 3.63) is 29.8 Å². The summed E-state index contributed by atoms with van der Waals surface area (Å²) in [6.45, 7) is 0.584. The van der Waals surface area contributed by atoms with Crippen LogP contribution in [0.15, 0.2) is 24.3 Å². The number of nitrogens with two attached hydrogens (primary N) is 1. The van der Waals surface area contributed by atoms with Crippen LogP contribution in [0.4, 0.5) is 0 Å². The summed E-state index contributed by atoms with van der Waals surface area (Å²) in [7, 11) is 1.65. The Hall–Kier alpha value is -1.55. The van der Waals surface area contributed by atoms with Crippen LogP contribution in [0, 0.1) is 17.8 Å². The van der Waals surface area contributed by atoms with E-state index < -0.39 is 0 Å². The van der Waals surface area contributed by atoms with Crippen molar-refractivity contribution < 1.29 is 9.53 Å². The highest BCUT2D eigenvalue weighted by molar-refractivity contribution is 5.78. The van der Waals surface area contributed by atoms with E-state index in [1.807, 2.05) is 24.3 Å². The number of hydrogen-bond acceptors (Lipinski definition) is 3. The van der Waals surface area contributed by atoms with Gasteiger partial charge in [0.25, 0.3) is 0 Å². The second-order valence-electron chi connectivity index (χ2n) is 6.76. The summed E-state index contributed by atoms with van der Waals surface area (Å²) >= 11 is 0. The van der Waals surface area contributed by atoms with E-state index >= 15 is 0 Å². The number of methoxy groups -OCH3 is 1. The number of benzene rings is 1. The lowest BCUT2D eigenvalue weighted by Crippen LogP contribution is -2.49. The van der Waals surface area contributed by atoms with Gasteiger partial charge in [0.15, 0.2) is 0 Å². The molecular formula is C18H26N2O2. The minimum Gasteiger partial charge on any atom is -0.497 e. The molecule has 3 N–H and O–H groups in total. The predicted octanol–water partition coefficient (Wildman–Crippen LogP) is 2.46. The van der Waals surface area contributed by atoms with E-state index in [-0.39, 0.29) is 11.8 Å². The van der Waals surface area contributed by atoms with Gasteiger partial charge in [0.1, 0.15) is 5.75 Å². The maximum atomic E-state index is 12.5. The molecule has 2 unspecified atom stereocenters. The van der Waals surface area contributed by atoms with Crippen molar-refractivity contribution in [3.8, 4) is 5.75 Å².